The van der Waals surface area contributed by atoms with Crippen LogP contribution in [0, 0.1) is 0 Å². The van der Waals surface area contributed by atoms with Gasteiger partial charge in [-0.05, 0) is 49.1 Å². The average molecular weight is 379 g/mol. The van der Waals surface area contributed by atoms with Crippen LogP contribution < -0.4 is 0 Å². The molecule has 0 aliphatic heterocycles. The third-order valence-electron chi connectivity index (χ3n) is 5.43. The van der Waals surface area contributed by atoms with Gasteiger partial charge < -0.3 is 4.98 Å². The van der Waals surface area contributed by atoms with E-state index in [1.54, 1.807) is 18.6 Å². The zero-order chi connectivity index (χ0) is 19.2. The summed E-state index contributed by atoms with van der Waals surface area (Å²) >= 11 is 0. The van der Waals surface area contributed by atoms with E-state index in [2.05, 4.69) is 42.3 Å². The molecule has 0 fully saturated rings. The number of hydrogen-bond donors (Lipinski definition) is 2. The molecule has 5 aromatic heterocycles. The Hall–Kier alpha value is -3.87. The Morgan fingerprint density at radius 2 is 1.93 bits per heavy atom. The average Bonchev–Trinajstić information content (AvgIpc) is 3.52. The van der Waals surface area contributed by atoms with Gasteiger partial charge in [0, 0.05) is 35.1 Å². The van der Waals surface area contributed by atoms with E-state index in [0.29, 0.717) is 11.5 Å². The molecule has 5 heterocycles. The van der Waals surface area contributed by atoms with Crippen molar-refractivity contribution in [3.63, 3.8) is 0 Å². The van der Waals surface area contributed by atoms with Gasteiger partial charge in [-0.1, -0.05) is 6.08 Å². The Balaban J connectivity index is 1.51. The molecule has 140 valence electrons. The second-order valence-electron chi connectivity index (χ2n) is 7.19. The first-order chi connectivity index (χ1) is 14.4. The molecular formula is C22H17N7. The van der Waals surface area contributed by atoms with Gasteiger partial charge in [-0.3, -0.25) is 15.1 Å². The SMILES string of the molecule is C1=C(c2ccnc3nc(-c4n[nH]c5cnc(-c6ccncc6)cc45)[nH]c23)CCC1. The molecule has 6 rings (SSSR count). The minimum atomic E-state index is 0.705. The van der Waals surface area contributed by atoms with Gasteiger partial charge in [0.15, 0.2) is 11.5 Å². The number of imidazole rings is 1. The van der Waals surface area contributed by atoms with E-state index in [1.807, 2.05) is 24.4 Å². The van der Waals surface area contributed by atoms with Gasteiger partial charge in [-0.25, -0.2) is 9.97 Å². The van der Waals surface area contributed by atoms with Crippen molar-refractivity contribution in [3.05, 3.63) is 60.7 Å². The third-order valence-corrected chi connectivity index (χ3v) is 5.43. The number of nitrogens with zero attached hydrogens (tertiary/aromatic N) is 5. The largest absolute Gasteiger partial charge is 0.335 e. The van der Waals surface area contributed by atoms with Crippen LogP contribution in [0.15, 0.2) is 55.1 Å². The first kappa shape index (κ1) is 16.1. The smallest absolute Gasteiger partial charge is 0.178 e. The summed E-state index contributed by atoms with van der Waals surface area (Å²) in [5.74, 6) is 0.705. The molecule has 7 heteroatoms. The Morgan fingerprint density at radius 1 is 1.00 bits per heavy atom. The second-order valence-corrected chi connectivity index (χ2v) is 7.19. The van der Waals surface area contributed by atoms with Crippen LogP contribution in [0.2, 0.25) is 0 Å². The Labute approximate surface area is 166 Å². The summed E-state index contributed by atoms with van der Waals surface area (Å²) in [7, 11) is 0. The third kappa shape index (κ3) is 2.62. The molecule has 0 saturated heterocycles. The Bertz CT molecular complexity index is 1380. The molecule has 29 heavy (non-hydrogen) atoms. The van der Waals surface area contributed by atoms with Gasteiger partial charge in [0.1, 0.15) is 5.69 Å². The number of pyridine rings is 3. The van der Waals surface area contributed by atoms with Crippen LogP contribution in [-0.2, 0) is 0 Å². The maximum Gasteiger partial charge on any atom is 0.178 e. The molecule has 0 saturated carbocycles. The zero-order valence-corrected chi connectivity index (χ0v) is 15.6. The van der Waals surface area contributed by atoms with E-state index < -0.39 is 0 Å². The molecular weight excluding hydrogens is 362 g/mol. The van der Waals surface area contributed by atoms with Crippen LogP contribution in [0.5, 0.6) is 0 Å². The lowest BCUT2D eigenvalue weighted by Gasteiger charge is -2.02. The summed E-state index contributed by atoms with van der Waals surface area (Å²) < 4.78 is 0. The monoisotopic (exact) mass is 379 g/mol. The van der Waals surface area contributed by atoms with Crippen molar-refractivity contribution < 1.29 is 0 Å². The quantitative estimate of drug-likeness (QED) is 0.480. The van der Waals surface area contributed by atoms with Crippen molar-refractivity contribution >= 4 is 27.6 Å². The fourth-order valence-electron chi connectivity index (χ4n) is 3.98. The molecule has 0 spiro atoms. The van der Waals surface area contributed by atoms with Crippen molar-refractivity contribution in [1.82, 2.24) is 35.1 Å². The number of fused-ring (bicyclic) bond motifs is 2. The van der Waals surface area contributed by atoms with Gasteiger partial charge in [0.25, 0.3) is 0 Å². The molecule has 0 radical (unpaired) electrons. The number of allylic oxidation sites excluding steroid dienone is 2. The minimum absolute atomic E-state index is 0.705. The van der Waals surface area contributed by atoms with E-state index in [4.69, 9.17) is 4.98 Å². The lowest BCUT2D eigenvalue weighted by molar-refractivity contribution is 0.935. The van der Waals surface area contributed by atoms with E-state index in [9.17, 15) is 0 Å². The zero-order valence-electron chi connectivity index (χ0n) is 15.6. The lowest BCUT2D eigenvalue weighted by Crippen LogP contribution is -1.86. The van der Waals surface area contributed by atoms with Crippen molar-refractivity contribution in [3.8, 4) is 22.8 Å². The number of hydrogen-bond acceptors (Lipinski definition) is 5. The Morgan fingerprint density at radius 3 is 2.79 bits per heavy atom. The van der Waals surface area contributed by atoms with Gasteiger partial charge >= 0.3 is 0 Å². The summed E-state index contributed by atoms with van der Waals surface area (Å²) in [5.41, 5.74) is 7.74. The predicted octanol–water partition coefficient (Wildman–Crippen LogP) is 4.53. The number of aromatic nitrogens is 7. The highest BCUT2D eigenvalue weighted by molar-refractivity contribution is 5.95. The van der Waals surface area contributed by atoms with E-state index in [1.165, 1.54) is 17.6 Å². The summed E-state index contributed by atoms with van der Waals surface area (Å²) in [5, 5.41) is 8.54. The first-order valence-electron chi connectivity index (χ1n) is 9.66. The number of aromatic amines is 2. The molecule has 1 aliphatic carbocycles. The van der Waals surface area contributed by atoms with Crippen LogP contribution in [-0.4, -0.2) is 35.1 Å². The van der Waals surface area contributed by atoms with Gasteiger partial charge in [0.2, 0.25) is 0 Å². The molecule has 2 N–H and O–H groups in total. The maximum absolute atomic E-state index is 4.73. The molecule has 7 nitrogen and oxygen atoms in total. The van der Waals surface area contributed by atoms with Crippen LogP contribution in [0.4, 0.5) is 0 Å². The second kappa shape index (κ2) is 6.34. The van der Waals surface area contributed by atoms with Gasteiger partial charge in [0.05, 0.1) is 22.9 Å². The topological polar surface area (TPSA) is 96.0 Å². The standard InChI is InChI=1S/C22H17N7/c1-2-4-13(3-1)15-7-10-24-21-19(15)26-22(27-21)20-16-11-17(14-5-8-23-9-6-14)25-12-18(16)28-29-20/h3,5-12H,1-2,4H2,(H,28,29)(H,24,26,27). The summed E-state index contributed by atoms with van der Waals surface area (Å²) in [6.07, 6.45) is 12.9. The molecule has 5 aromatic rings. The highest BCUT2D eigenvalue weighted by Crippen LogP contribution is 2.33. The minimum Gasteiger partial charge on any atom is -0.335 e. The fraction of sp³-hybridized carbons (Fsp3) is 0.136. The van der Waals surface area contributed by atoms with Crippen LogP contribution in [0.3, 0.4) is 0 Å². The van der Waals surface area contributed by atoms with Crippen molar-refractivity contribution in [2.75, 3.05) is 0 Å². The van der Waals surface area contributed by atoms with E-state index in [0.717, 1.165) is 46.2 Å². The van der Waals surface area contributed by atoms with Crippen LogP contribution in [0.25, 0.3) is 50.4 Å². The maximum atomic E-state index is 4.73. The summed E-state index contributed by atoms with van der Waals surface area (Å²) in [6, 6.07) is 7.99. The molecule has 0 unspecified atom stereocenters. The molecule has 0 amide bonds. The summed E-state index contributed by atoms with van der Waals surface area (Å²) in [4.78, 5) is 21.3. The summed E-state index contributed by atoms with van der Waals surface area (Å²) in [6.45, 7) is 0. The van der Waals surface area contributed by atoms with E-state index in [-0.39, 0.29) is 0 Å². The van der Waals surface area contributed by atoms with Crippen LogP contribution in [0.1, 0.15) is 24.8 Å². The first-order valence-corrected chi connectivity index (χ1v) is 9.66. The molecule has 0 aromatic carbocycles. The van der Waals surface area contributed by atoms with Crippen molar-refractivity contribution in [1.29, 1.82) is 0 Å². The Kier molecular flexibility index (Phi) is 3.52. The molecule has 0 atom stereocenters. The number of rotatable bonds is 3. The van der Waals surface area contributed by atoms with Crippen molar-refractivity contribution in [2.45, 2.75) is 19.3 Å². The van der Waals surface area contributed by atoms with Gasteiger partial charge in [-0.2, -0.15) is 5.10 Å². The number of nitrogens with one attached hydrogen (secondary N) is 2. The normalized spacial score (nSPS) is 14.0. The predicted molar refractivity (Wildman–Crippen MR) is 112 cm³/mol. The number of H-pyrrole nitrogens is 2. The van der Waals surface area contributed by atoms with Gasteiger partial charge in [-0.15, -0.1) is 0 Å². The lowest BCUT2D eigenvalue weighted by atomic mass is 10.1. The van der Waals surface area contributed by atoms with E-state index >= 15 is 0 Å². The molecule has 0 bridgehead atoms. The highest BCUT2D eigenvalue weighted by atomic mass is 15.1. The van der Waals surface area contributed by atoms with Crippen molar-refractivity contribution in [2.24, 2.45) is 0 Å². The van der Waals surface area contributed by atoms with Crippen LogP contribution >= 0.6 is 0 Å². The highest BCUT2D eigenvalue weighted by Gasteiger charge is 2.18. The molecule has 1 aliphatic rings. The fourth-order valence-corrected chi connectivity index (χ4v) is 3.98.